The average molecular weight is 560 g/mol. The lowest BCUT2D eigenvalue weighted by atomic mass is 10.1. The second kappa shape index (κ2) is 10.7. The Bertz CT molecular complexity index is 1720. The Kier molecular flexibility index (Phi) is 7.18. The molecule has 0 aliphatic heterocycles. The molecule has 3 amide bonds. The van der Waals surface area contributed by atoms with Crippen LogP contribution in [-0.2, 0) is 10.3 Å². The van der Waals surface area contributed by atoms with E-state index in [1.807, 2.05) is 39.0 Å². The first-order valence-corrected chi connectivity index (χ1v) is 13.2. The minimum Gasteiger partial charge on any atom is -0.457 e. The number of thiazole rings is 1. The molecule has 0 radical (unpaired) electrons. The van der Waals surface area contributed by atoms with E-state index in [2.05, 4.69) is 25.9 Å². The maximum atomic E-state index is 14.9. The summed E-state index contributed by atoms with van der Waals surface area (Å²) in [6, 6.07) is 12.3. The van der Waals surface area contributed by atoms with Crippen molar-refractivity contribution in [1.29, 1.82) is 0 Å². The molecular formula is C28H26FN7O3S. The molecule has 2 aromatic carbocycles. The van der Waals surface area contributed by atoms with E-state index in [-0.39, 0.29) is 22.9 Å². The fourth-order valence-corrected chi connectivity index (χ4v) is 4.48. The molecule has 3 N–H and O–H groups in total. The first-order chi connectivity index (χ1) is 19.0. The predicted octanol–water partition coefficient (Wildman–Crippen LogP) is 6.84. The lowest BCUT2D eigenvalue weighted by Gasteiger charge is -2.18. The average Bonchev–Trinajstić information content (AvgIpc) is 3.52. The van der Waals surface area contributed by atoms with Crippen molar-refractivity contribution < 1.29 is 18.7 Å². The van der Waals surface area contributed by atoms with Crippen LogP contribution in [0.1, 0.15) is 27.7 Å². The second-order valence-electron chi connectivity index (χ2n) is 9.92. The first kappa shape index (κ1) is 26.8. The number of hydrogen-bond acceptors (Lipinski definition) is 7. The molecule has 0 bridgehead atoms. The van der Waals surface area contributed by atoms with Gasteiger partial charge in [0.1, 0.15) is 28.8 Å². The Labute approximate surface area is 233 Å². The number of urea groups is 1. The first-order valence-electron chi connectivity index (χ1n) is 12.3. The Morgan fingerprint density at radius 2 is 1.73 bits per heavy atom. The highest BCUT2D eigenvalue weighted by Crippen LogP contribution is 2.32. The Hall–Kier alpha value is -4.84. The SMILES string of the molecule is CC(=O)Nc1cc(Oc2ccc(NC(=O)Nc3cn(C(C)(C)C)nc3-c3ccc4scnc4c3)c(F)c2)ccn1. The summed E-state index contributed by atoms with van der Waals surface area (Å²) in [5, 5.41) is 12.6. The minimum absolute atomic E-state index is 0.0350. The zero-order valence-corrected chi connectivity index (χ0v) is 23.0. The van der Waals surface area contributed by atoms with Crippen LogP contribution in [0.2, 0.25) is 0 Å². The summed E-state index contributed by atoms with van der Waals surface area (Å²) in [6.07, 6.45) is 3.21. The van der Waals surface area contributed by atoms with Crippen LogP contribution in [0.4, 0.5) is 26.4 Å². The third kappa shape index (κ3) is 6.07. The Balaban J connectivity index is 1.33. The molecule has 0 aliphatic carbocycles. The molecule has 5 aromatic rings. The zero-order chi connectivity index (χ0) is 28.4. The third-order valence-corrected chi connectivity index (χ3v) is 6.52. The van der Waals surface area contributed by atoms with Crippen LogP contribution in [0, 0.1) is 5.82 Å². The van der Waals surface area contributed by atoms with Crippen LogP contribution in [0.3, 0.4) is 0 Å². The largest absolute Gasteiger partial charge is 0.457 e. The van der Waals surface area contributed by atoms with Gasteiger partial charge in [0.25, 0.3) is 0 Å². The van der Waals surface area contributed by atoms with Gasteiger partial charge in [-0.15, -0.1) is 11.3 Å². The fraction of sp³-hybridized carbons (Fsp3) is 0.179. The molecule has 40 heavy (non-hydrogen) atoms. The minimum atomic E-state index is -0.691. The van der Waals surface area contributed by atoms with Crippen molar-refractivity contribution in [2.45, 2.75) is 33.2 Å². The van der Waals surface area contributed by atoms with Crippen molar-refractivity contribution in [2.24, 2.45) is 0 Å². The molecule has 12 heteroatoms. The van der Waals surface area contributed by atoms with Crippen LogP contribution in [0.25, 0.3) is 21.5 Å². The van der Waals surface area contributed by atoms with E-state index in [9.17, 15) is 14.0 Å². The normalized spacial score (nSPS) is 11.3. The maximum Gasteiger partial charge on any atom is 0.323 e. The molecule has 0 fully saturated rings. The number of halogens is 1. The molecule has 0 atom stereocenters. The maximum absolute atomic E-state index is 14.9. The number of benzene rings is 2. The predicted molar refractivity (Wildman–Crippen MR) is 153 cm³/mol. The monoisotopic (exact) mass is 559 g/mol. The molecule has 204 valence electrons. The highest BCUT2D eigenvalue weighted by atomic mass is 32.1. The van der Waals surface area contributed by atoms with E-state index in [0.29, 0.717) is 22.9 Å². The summed E-state index contributed by atoms with van der Waals surface area (Å²) >= 11 is 1.54. The summed E-state index contributed by atoms with van der Waals surface area (Å²) in [7, 11) is 0. The van der Waals surface area contributed by atoms with Crippen molar-refractivity contribution >= 4 is 50.7 Å². The molecule has 3 heterocycles. The van der Waals surface area contributed by atoms with Crippen molar-refractivity contribution in [3.63, 3.8) is 0 Å². The van der Waals surface area contributed by atoms with Gasteiger partial charge in [-0.25, -0.2) is 19.2 Å². The number of fused-ring (bicyclic) bond motifs is 1. The smallest absolute Gasteiger partial charge is 0.323 e. The number of nitrogens with one attached hydrogen (secondary N) is 3. The summed E-state index contributed by atoms with van der Waals surface area (Å²) in [6.45, 7) is 7.37. The number of amides is 3. The second-order valence-corrected chi connectivity index (χ2v) is 10.8. The lowest BCUT2D eigenvalue weighted by molar-refractivity contribution is -0.114. The van der Waals surface area contributed by atoms with Crippen molar-refractivity contribution in [3.8, 4) is 22.8 Å². The number of anilines is 3. The molecule has 5 rings (SSSR count). The van der Waals surface area contributed by atoms with Gasteiger partial charge in [0.2, 0.25) is 5.91 Å². The molecule has 0 aliphatic rings. The number of nitrogens with zero attached hydrogens (tertiary/aromatic N) is 4. The molecule has 0 saturated heterocycles. The van der Waals surface area contributed by atoms with E-state index in [1.54, 1.807) is 33.8 Å². The van der Waals surface area contributed by atoms with Crippen LogP contribution < -0.4 is 20.7 Å². The van der Waals surface area contributed by atoms with Gasteiger partial charge in [-0.3, -0.25) is 9.48 Å². The lowest BCUT2D eigenvalue weighted by Crippen LogP contribution is -2.22. The van der Waals surface area contributed by atoms with E-state index in [1.165, 1.54) is 31.3 Å². The summed E-state index contributed by atoms with van der Waals surface area (Å²) in [5.74, 6) is -0.0993. The van der Waals surface area contributed by atoms with Gasteiger partial charge in [-0.1, -0.05) is 6.07 Å². The third-order valence-electron chi connectivity index (χ3n) is 5.71. The van der Waals surface area contributed by atoms with Gasteiger partial charge in [-0.2, -0.15) is 5.10 Å². The van der Waals surface area contributed by atoms with Gasteiger partial charge >= 0.3 is 6.03 Å². The number of ether oxygens (including phenoxy) is 1. The Morgan fingerprint density at radius 3 is 2.48 bits per heavy atom. The van der Waals surface area contributed by atoms with Crippen LogP contribution in [-0.4, -0.2) is 31.7 Å². The van der Waals surface area contributed by atoms with E-state index in [4.69, 9.17) is 9.84 Å². The van der Waals surface area contributed by atoms with E-state index < -0.39 is 11.8 Å². The number of hydrogen-bond donors (Lipinski definition) is 3. The van der Waals surface area contributed by atoms with Gasteiger partial charge in [0, 0.05) is 37.0 Å². The van der Waals surface area contributed by atoms with Gasteiger partial charge in [0.05, 0.1) is 32.6 Å². The van der Waals surface area contributed by atoms with Gasteiger partial charge < -0.3 is 20.7 Å². The van der Waals surface area contributed by atoms with Crippen molar-refractivity contribution in [1.82, 2.24) is 19.7 Å². The van der Waals surface area contributed by atoms with E-state index in [0.717, 1.165) is 21.8 Å². The van der Waals surface area contributed by atoms with Crippen LogP contribution >= 0.6 is 11.3 Å². The van der Waals surface area contributed by atoms with Gasteiger partial charge in [-0.05, 0) is 51.1 Å². The molecule has 0 unspecified atom stereocenters. The molecule has 0 spiro atoms. The summed E-state index contributed by atoms with van der Waals surface area (Å²) < 4.78 is 23.4. The number of pyridine rings is 1. The number of carbonyl (C=O) groups is 2. The summed E-state index contributed by atoms with van der Waals surface area (Å²) in [5.41, 5.74) is 4.07. The number of rotatable bonds is 6. The standard InChI is InChI=1S/C28H26FN7O3S/c1-16(37)32-25-13-19(9-10-30-25)39-18-6-7-21(20(29)12-18)33-27(38)34-23-14-36(28(2,3)4)35-26(23)17-5-8-24-22(11-17)31-15-40-24/h5-15H,1-4H3,(H,30,32,37)(H2,33,34,38). The van der Waals surface area contributed by atoms with Crippen molar-refractivity contribution in [2.75, 3.05) is 16.0 Å². The van der Waals surface area contributed by atoms with E-state index >= 15 is 0 Å². The number of carbonyl (C=O) groups excluding carboxylic acids is 2. The summed E-state index contributed by atoms with van der Waals surface area (Å²) in [4.78, 5) is 32.6. The zero-order valence-electron chi connectivity index (χ0n) is 22.2. The topological polar surface area (TPSA) is 123 Å². The Morgan fingerprint density at radius 1 is 0.950 bits per heavy atom. The molecule has 0 saturated carbocycles. The fourth-order valence-electron chi connectivity index (χ4n) is 3.82. The quantitative estimate of drug-likeness (QED) is 0.209. The number of aromatic nitrogens is 4. The molecule has 10 nitrogen and oxygen atoms in total. The molecule has 3 aromatic heterocycles. The highest BCUT2D eigenvalue weighted by molar-refractivity contribution is 7.16. The van der Waals surface area contributed by atoms with Crippen molar-refractivity contribution in [3.05, 3.63) is 72.3 Å². The van der Waals surface area contributed by atoms with Crippen LogP contribution in [0.15, 0.2) is 66.4 Å². The van der Waals surface area contributed by atoms with Crippen LogP contribution in [0.5, 0.6) is 11.5 Å². The van der Waals surface area contributed by atoms with Gasteiger partial charge in [0.15, 0.2) is 0 Å². The molecular weight excluding hydrogens is 533 g/mol. The highest BCUT2D eigenvalue weighted by Gasteiger charge is 2.21.